The van der Waals surface area contributed by atoms with Crippen LogP contribution in [0.4, 0.5) is 5.69 Å². The largest absolute Gasteiger partial charge is 0.399 e. The number of halogens is 1. The van der Waals surface area contributed by atoms with Crippen LogP contribution in [-0.2, 0) is 0 Å². The quantitative estimate of drug-likeness (QED) is 0.700. The van der Waals surface area contributed by atoms with Gasteiger partial charge >= 0.3 is 0 Å². The molecule has 1 aromatic heterocycles. The molecule has 2 aromatic rings. The summed E-state index contributed by atoms with van der Waals surface area (Å²) in [4.78, 5) is 1.46. The van der Waals surface area contributed by atoms with Gasteiger partial charge in [0.2, 0.25) is 0 Å². The molecule has 13 heavy (non-hydrogen) atoms. The second-order valence-electron chi connectivity index (χ2n) is 2.56. The lowest BCUT2D eigenvalue weighted by atomic mass is 10.3. The third-order valence-electron chi connectivity index (χ3n) is 1.55. The van der Waals surface area contributed by atoms with Crippen molar-refractivity contribution in [3.63, 3.8) is 0 Å². The van der Waals surface area contributed by atoms with E-state index in [4.69, 9.17) is 17.3 Å². The minimum atomic E-state index is 0.576. The zero-order chi connectivity index (χ0) is 9.26. The predicted molar refractivity (Wildman–Crippen MR) is 50.8 cm³/mol. The van der Waals surface area contributed by atoms with E-state index in [1.807, 2.05) is 0 Å². The Labute approximate surface area is 79.9 Å². The maximum Gasteiger partial charge on any atom is 0.0891 e. The van der Waals surface area contributed by atoms with Gasteiger partial charge < -0.3 is 5.73 Å². The van der Waals surface area contributed by atoms with Crippen LogP contribution >= 0.6 is 11.6 Å². The molecule has 0 fully saturated rings. The Balaban J connectivity index is 2.53. The highest BCUT2D eigenvalue weighted by molar-refractivity contribution is 6.31. The van der Waals surface area contributed by atoms with Crippen molar-refractivity contribution in [3.05, 3.63) is 35.6 Å². The number of rotatable bonds is 1. The van der Waals surface area contributed by atoms with Crippen LogP contribution in [0.25, 0.3) is 5.69 Å². The number of benzene rings is 1. The summed E-state index contributed by atoms with van der Waals surface area (Å²) in [5.41, 5.74) is 6.97. The third kappa shape index (κ3) is 1.62. The summed E-state index contributed by atoms with van der Waals surface area (Å²) in [7, 11) is 0. The Bertz CT molecular complexity index is 390. The molecule has 0 radical (unpaired) electrons. The smallest absolute Gasteiger partial charge is 0.0891 e. The molecular weight excluding hydrogens is 188 g/mol. The van der Waals surface area contributed by atoms with Gasteiger partial charge in [-0.25, -0.2) is 0 Å². The minimum absolute atomic E-state index is 0.576. The van der Waals surface area contributed by atoms with E-state index in [0.29, 0.717) is 10.7 Å². The average Bonchev–Trinajstić information content (AvgIpc) is 2.53. The van der Waals surface area contributed by atoms with E-state index in [1.54, 1.807) is 30.6 Å². The van der Waals surface area contributed by atoms with Crippen molar-refractivity contribution in [2.75, 3.05) is 5.73 Å². The molecule has 4 nitrogen and oxygen atoms in total. The van der Waals surface area contributed by atoms with Gasteiger partial charge in [-0.2, -0.15) is 15.0 Å². The van der Waals surface area contributed by atoms with Crippen molar-refractivity contribution in [1.29, 1.82) is 0 Å². The summed E-state index contributed by atoms with van der Waals surface area (Å²) < 4.78 is 0. The Morgan fingerprint density at radius 3 is 2.46 bits per heavy atom. The van der Waals surface area contributed by atoms with Crippen molar-refractivity contribution < 1.29 is 0 Å². The maximum atomic E-state index is 5.82. The lowest BCUT2D eigenvalue weighted by Gasteiger charge is -2.01. The van der Waals surface area contributed by atoms with Gasteiger partial charge in [0.15, 0.2) is 0 Å². The van der Waals surface area contributed by atoms with Crippen LogP contribution in [0.15, 0.2) is 30.6 Å². The van der Waals surface area contributed by atoms with Crippen LogP contribution < -0.4 is 5.73 Å². The first-order valence-corrected chi connectivity index (χ1v) is 4.06. The number of hydrogen-bond donors (Lipinski definition) is 1. The molecule has 0 saturated heterocycles. The molecule has 2 rings (SSSR count). The normalized spacial score (nSPS) is 10.2. The molecule has 0 aliphatic carbocycles. The van der Waals surface area contributed by atoms with Crippen LogP contribution in [-0.4, -0.2) is 15.0 Å². The molecule has 0 unspecified atom stereocenters. The van der Waals surface area contributed by atoms with Crippen molar-refractivity contribution in [1.82, 2.24) is 15.0 Å². The van der Waals surface area contributed by atoms with Crippen molar-refractivity contribution in [2.45, 2.75) is 0 Å². The summed E-state index contributed by atoms with van der Waals surface area (Å²) in [6.07, 6.45) is 3.19. The molecule has 1 aromatic carbocycles. The van der Waals surface area contributed by atoms with E-state index < -0.39 is 0 Å². The van der Waals surface area contributed by atoms with Gasteiger partial charge in [0.25, 0.3) is 0 Å². The zero-order valence-electron chi connectivity index (χ0n) is 6.68. The molecular formula is C8H7ClN4. The van der Waals surface area contributed by atoms with Gasteiger partial charge in [0, 0.05) is 10.7 Å². The van der Waals surface area contributed by atoms with Crippen LogP contribution in [0, 0.1) is 0 Å². The van der Waals surface area contributed by atoms with E-state index in [2.05, 4.69) is 10.2 Å². The van der Waals surface area contributed by atoms with E-state index in [0.717, 1.165) is 5.69 Å². The van der Waals surface area contributed by atoms with Crippen LogP contribution in [0.3, 0.4) is 0 Å². The Morgan fingerprint density at radius 1 is 1.15 bits per heavy atom. The second kappa shape index (κ2) is 3.06. The topological polar surface area (TPSA) is 56.7 Å². The number of anilines is 1. The maximum absolute atomic E-state index is 5.82. The van der Waals surface area contributed by atoms with E-state index in [-0.39, 0.29) is 0 Å². The molecule has 0 saturated carbocycles. The summed E-state index contributed by atoms with van der Waals surface area (Å²) in [6, 6.07) is 5.18. The summed E-state index contributed by atoms with van der Waals surface area (Å²) in [6.45, 7) is 0. The molecule has 66 valence electrons. The van der Waals surface area contributed by atoms with Gasteiger partial charge in [-0.3, -0.25) is 0 Å². The second-order valence-corrected chi connectivity index (χ2v) is 3.00. The van der Waals surface area contributed by atoms with E-state index >= 15 is 0 Å². The molecule has 0 atom stereocenters. The van der Waals surface area contributed by atoms with Gasteiger partial charge in [-0.15, -0.1) is 0 Å². The number of nitrogens with zero attached hydrogens (tertiary/aromatic N) is 3. The monoisotopic (exact) mass is 194 g/mol. The average molecular weight is 195 g/mol. The zero-order valence-corrected chi connectivity index (χ0v) is 7.44. The predicted octanol–water partition coefficient (Wildman–Crippen LogP) is 1.50. The fourth-order valence-electron chi connectivity index (χ4n) is 1.06. The Kier molecular flexibility index (Phi) is 1.90. The highest BCUT2D eigenvalue weighted by atomic mass is 35.5. The van der Waals surface area contributed by atoms with E-state index in [9.17, 15) is 0 Å². The molecule has 0 aliphatic heterocycles. The first-order valence-electron chi connectivity index (χ1n) is 3.68. The number of aromatic nitrogens is 3. The van der Waals surface area contributed by atoms with Crippen LogP contribution in [0.2, 0.25) is 5.02 Å². The molecule has 0 bridgehead atoms. The molecule has 0 spiro atoms. The first kappa shape index (κ1) is 8.07. The van der Waals surface area contributed by atoms with Crippen LogP contribution in [0.1, 0.15) is 0 Å². The number of nitrogen functional groups attached to an aromatic ring is 1. The van der Waals surface area contributed by atoms with Gasteiger partial charge in [-0.1, -0.05) is 11.6 Å². The minimum Gasteiger partial charge on any atom is -0.399 e. The van der Waals surface area contributed by atoms with Crippen molar-refractivity contribution >= 4 is 17.3 Å². The standard InChI is InChI=1S/C8H7ClN4/c9-6-3-7(10)5-8(4-6)13-11-1-2-12-13/h1-5H,10H2. The lowest BCUT2D eigenvalue weighted by Crippen LogP contribution is -1.99. The van der Waals surface area contributed by atoms with Gasteiger partial charge in [0.05, 0.1) is 18.1 Å². The summed E-state index contributed by atoms with van der Waals surface area (Å²) >= 11 is 5.82. The van der Waals surface area contributed by atoms with Crippen molar-refractivity contribution in [2.24, 2.45) is 0 Å². The summed E-state index contributed by atoms with van der Waals surface area (Å²) in [5, 5.41) is 8.50. The summed E-state index contributed by atoms with van der Waals surface area (Å²) in [5.74, 6) is 0. The van der Waals surface area contributed by atoms with Gasteiger partial charge in [-0.05, 0) is 18.2 Å². The SMILES string of the molecule is Nc1cc(Cl)cc(-n2nccn2)c1. The molecule has 2 N–H and O–H groups in total. The highest BCUT2D eigenvalue weighted by Gasteiger charge is 2.00. The molecule has 0 amide bonds. The Morgan fingerprint density at radius 2 is 1.85 bits per heavy atom. The highest BCUT2D eigenvalue weighted by Crippen LogP contribution is 2.18. The lowest BCUT2D eigenvalue weighted by molar-refractivity contribution is 0.752. The third-order valence-corrected chi connectivity index (χ3v) is 1.77. The molecule has 5 heteroatoms. The van der Waals surface area contributed by atoms with E-state index in [1.165, 1.54) is 4.80 Å². The van der Waals surface area contributed by atoms with Gasteiger partial charge in [0.1, 0.15) is 0 Å². The number of hydrogen-bond acceptors (Lipinski definition) is 3. The fraction of sp³-hybridized carbons (Fsp3) is 0. The molecule has 1 heterocycles. The fourth-order valence-corrected chi connectivity index (χ4v) is 1.30. The first-order chi connectivity index (χ1) is 6.25. The van der Waals surface area contributed by atoms with Crippen LogP contribution in [0.5, 0.6) is 0 Å². The Hall–Kier alpha value is -1.55. The number of nitrogens with two attached hydrogens (primary N) is 1. The molecule has 0 aliphatic rings. The van der Waals surface area contributed by atoms with Crippen molar-refractivity contribution in [3.8, 4) is 5.69 Å².